The Morgan fingerprint density at radius 2 is 0.857 bits per heavy atom. The third-order valence-electron chi connectivity index (χ3n) is 9.65. The monoisotopic (exact) mass is 484 g/mol. The van der Waals surface area contributed by atoms with Crippen LogP contribution in [0.15, 0.2) is 24.3 Å². The summed E-state index contributed by atoms with van der Waals surface area (Å²) < 4.78 is 5.48. The molecule has 2 saturated heterocycles. The van der Waals surface area contributed by atoms with E-state index in [1.165, 1.54) is 0 Å². The summed E-state index contributed by atoms with van der Waals surface area (Å²) in [5.74, 6) is -2.19. The van der Waals surface area contributed by atoms with Gasteiger partial charge in [0.1, 0.15) is 0 Å². The van der Waals surface area contributed by atoms with Gasteiger partial charge in [-0.2, -0.15) is 10.1 Å². The number of nitrogens with zero attached hydrogens (tertiary/aromatic N) is 2. The Labute approximate surface area is 204 Å². The van der Waals surface area contributed by atoms with Gasteiger partial charge in [-0.1, -0.05) is 52.0 Å². The van der Waals surface area contributed by atoms with Crippen molar-refractivity contribution >= 4 is 23.6 Å². The largest absolute Gasteiger partial charge is 0.376 e. The molecule has 2 saturated carbocycles. The minimum absolute atomic E-state index is 0.0406. The van der Waals surface area contributed by atoms with Crippen LogP contribution in [0.5, 0.6) is 0 Å². The van der Waals surface area contributed by atoms with Crippen molar-refractivity contribution in [3.63, 3.8) is 0 Å². The summed E-state index contributed by atoms with van der Waals surface area (Å²) in [5.41, 5.74) is -0.169. The van der Waals surface area contributed by atoms with Gasteiger partial charge in [0.2, 0.25) is 0 Å². The molecule has 0 spiro atoms. The molecule has 0 N–H and O–H groups in total. The standard InChI is InChI=1S/C26H32N2O7/c1-25(2)13-5-6-14(25)18-17(13)21(29)27(22(18)30)34-11-9-33-10-12-35-28-23(31)19-15-7-8-16(26(15,3)4)20(19)24(28)32/h5-8,13-20H,9-12H2,1-4H3. The normalized spacial score (nSPS) is 41.1. The van der Waals surface area contributed by atoms with Crippen LogP contribution in [0, 0.1) is 58.2 Å². The molecule has 0 aromatic heterocycles. The number of fused-ring (bicyclic) bond motifs is 10. The van der Waals surface area contributed by atoms with Crippen molar-refractivity contribution in [1.82, 2.24) is 10.1 Å². The van der Waals surface area contributed by atoms with Gasteiger partial charge in [-0.25, -0.2) is 0 Å². The van der Waals surface area contributed by atoms with Crippen molar-refractivity contribution in [3.05, 3.63) is 24.3 Å². The topological polar surface area (TPSA) is 102 Å². The van der Waals surface area contributed by atoms with Crippen LogP contribution < -0.4 is 0 Å². The SMILES string of the molecule is CC1(C)C2C=CC1C1C(=O)N(OCCOCCON3C(=O)C4C(C3=O)C3C=CC4C3(C)C)C(=O)C12. The number of imide groups is 2. The third kappa shape index (κ3) is 2.92. The van der Waals surface area contributed by atoms with Crippen molar-refractivity contribution < 1.29 is 33.6 Å². The molecule has 4 bridgehead atoms. The summed E-state index contributed by atoms with van der Waals surface area (Å²) in [6, 6.07) is 0. The lowest BCUT2D eigenvalue weighted by molar-refractivity contribution is -0.198. The number of hydroxylamine groups is 4. The summed E-state index contributed by atoms with van der Waals surface area (Å²) in [4.78, 5) is 62.3. The van der Waals surface area contributed by atoms with Gasteiger partial charge in [0.05, 0.1) is 50.1 Å². The Hall–Kier alpha value is -2.36. The Bertz CT molecular complexity index is 912. The molecule has 2 heterocycles. The van der Waals surface area contributed by atoms with Crippen LogP contribution in [-0.2, 0) is 33.6 Å². The van der Waals surface area contributed by atoms with Gasteiger partial charge in [-0.15, -0.1) is 0 Å². The zero-order valence-electron chi connectivity index (χ0n) is 20.5. The van der Waals surface area contributed by atoms with E-state index >= 15 is 0 Å². The van der Waals surface area contributed by atoms with Crippen molar-refractivity contribution in [2.45, 2.75) is 27.7 Å². The molecular formula is C26H32N2O7. The highest BCUT2D eigenvalue weighted by molar-refractivity contribution is 6.06. The number of hydrogen-bond donors (Lipinski definition) is 0. The zero-order chi connectivity index (χ0) is 24.9. The van der Waals surface area contributed by atoms with Crippen LogP contribution in [-0.4, -0.2) is 60.2 Å². The minimum Gasteiger partial charge on any atom is -0.376 e. The zero-order valence-corrected chi connectivity index (χ0v) is 20.5. The van der Waals surface area contributed by atoms with E-state index in [-0.39, 0.29) is 108 Å². The van der Waals surface area contributed by atoms with Crippen LogP contribution in [0.3, 0.4) is 0 Å². The summed E-state index contributed by atoms with van der Waals surface area (Å²) >= 11 is 0. The molecule has 4 aliphatic carbocycles. The fourth-order valence-electron chi connectivity index (χ4n) is 7.86. The highest BCUT2D eigenvalue weighted by atomic mass is 16.7. The number of ether oxygens (including phenoxy) is 1. The second kappa shape index (κ2) is 7.57. The van der Waals surface area contributed by atoms with E-state index in [0.717, 1.165) is 10.1 Å². The first-order chi connectivity index (χ1) is 16.6. The lowest BCUT2D eigenvalue weighted by Crippen LogP contribution is -2.37. The number of hydrogen-bond acceptors (Lipinski definition) is 7. The summed E-state index contributed by atoms with van der Waals surface area (Å²) in [6.45, 7) is 8.81. The predicted octanol–water partition coefficient (Wildman–Crippen LogP) is 1.75. The highest BCUT2D eigenvalue weighted by Crippen LogP contribution is 2.63. The molecule has 9 heteroatoms. The molecule has 4 fully saturated rings. The maximum absolute atomic E-state index is 12.8. The lowest BCUT2D eigenvalue weighted by atomic mass is 9.79. The van der Waals surface area contributed by atoms with Crippen LogP contribution in [0.25, 0.3) is 0 Å². The second-order valence-electron chi connectivity index (χ2n) is 11.8. The minimum atomic E-state index is -0.340. The third-order valence-corrected chi connectivity index (χ3v) is 9.65. The van der Waals surface area contributed by atoms with Gasteiger partial charge in [0.25, 0.3) is 23.6 Å². The summed E-state index contributed by atoms with van der Waals surface area (Å²) in [5, 5.41) is 1.84. The van der Waals surface area contributed by atoms with E-state index in [1.807, 2.05) is 0 Å². The molecule has 8 atom stereocenters. The molecule has 2 aliphatic heterocycles. The highest BCUT2D eigenvalue weighted by Gasteiger charge is 2.68. The van der Waals surface area contributed by atoms with E-state index in [9.17, 15) is 19.2 Å². The Balaban J connectivity index is 0.934. The van der Waals surface area contributed by atoms with Gasteiger partial charge >= 0.3 is 0 Å². The average molecular weight is 485 g/mol. The van der Waals surface area contributed by atoms with Crippen molar-refractivity contribution in [2.24, 2.45) is 58.2 Å². The second-order valence-corrected chi connectivity index (χ2v) is 11.8. The fraction of sp³-hybridized carbons (Fsp3) is 0.692. The molecule has 6 aliphatic rings. The number of rotatable bonds is 8. The molecule has 0 aromatic rings. The molecule has 188 valence electrons. The first-order valence-electron chi connectivity index (χ1n) is 12.5. The molecule has 8 unspecified atom stereocenters. The van der Waals surface area contributed by atoms with Crippen LogP contribution in [0.2, 0.25) is 0 Å². The molecule has 9 nitrogen and oxygen atoms in total. The number of carbonyl (C=O) groups is 4. The Morgan fingerprint density at radius 1 is 0.571 bits per heavy atom. The average Bonchev–Trinajstić information content (AvgIpc) is 3.55. The molecule has 4 amide bonds. The van der Waals surface area contributed by atoms with Crippen molar-refractivity contribution in [2.75, 3.05) is 26.4 Å². The van der Waals surface area contributed by atoms with E-state index in [0.29, 0.717) is 0 Å². The summed E-state index contributed by atoms with van der Waals surface area (Å²) in [6.07, 6.45) is 8.26. The van der Waals surface area contributed by atoms with Gasteiger partial charge in [-0.05, 0) is 34.5 Å². The van der Waals surface area contributed by atoms with E-state index in [1.54, 1.807) is 0 Å². The van der Waals surface area contributed by atoms with E-state index in [4.69, 9.17) is 14.4 Å². The van der Waals surface area contributed by atoms with Crippen LogP contribution >= 0.6 is 0 Å². The molecule has 0 radical (unpaired) electrons. The first-order valence-corrected chi connectivity index (χ1v) is 12.5. The first kappa shape index (κ1) is 23.1. The molecule has 35 heavy (non-hydrogen) atoms. The van der Waals surface area contributed by atoms with E-state index < -0.39 is 0 Å². The Morgan fingerprint density at radius 3 is 1.14 bits per heavy atom. The maximum atomic E-state index is 12.8. The van der Waals surface area contributed by atoms with Gasteiger partial charge in [0.15, 0.2) is 0 Å². The van der Waals surface area contributed by atoms with Gasteiger partial charge in [0, 0.05) is 0 Å². The number of carbonyl (C=O) groups excluding carboxylic acids is 4. The van der Waals surface area contributed by atoms with Gasteiger partial charge < -0.3 is 4.74 Å². The predicted molar refractivity (Wildman–Crippen MR) is 120 cm³/mol. The van der Waals surface area contributed by atoms with Crippen LogP contribution in [0.1, 0.15) is 27.7 Å². The molecule has 6 rings (SSSR count). The number of amides is 4. The van der Waals surface area contributed by atoms with Gasteiger partial charge in [-0.3, -0.25) is 28.9 Å². The lowest BCUT2D eigenvalue weighted by Gasteiger charge is -2.28. The quantitative estimate of drug-likeness (QED) is 0.294. The fourth-order valence-corrected chi connectivity index (χ4v) is 7.86. The molecular weight excluding hydrogens is 452 g/mol. The maximum Gasteiger partial charge on any atom is 0.258 e. The van der Waals surface area contributed by atoms with Crippen molar-refractivity contribution in [1.29, 1.82) is 0 Å². The van der Waals surface area contributed by atoms with Crippen molar-refractivity contribution in [3.8, 4) is 0 Å². The van der Waals surface area contributed by atoms with E-state index in [2.05, 4.69) is 52.0 Å². The number of allylic oxidation sites excluding steroid dienone is 4. The Kier molecular flexibility index (Phi) is 4.99. The van der Waals surface area contributed by atoms with Crippen LogP contribution in [0.4, 0.5) is 0 Å². The smallest absolute Gasteiger partial charge is 0.258 e. The summed E-state index contributed by atoms with van der Waals surface area (Å²) in [7, 11) is 0. The molecule has 0 aromatic carbocycles.